The van der Waals surface area contributed by atoms with Gasteiger partial charge in [-0.1, -0.05) is 18.6 Å². The van der Waals surface area contributed by atoms with Gasteiger partial charge in [0, 0.05) is 43.7 Å². The van der Waals surface area contributed by atoms with Crippen molar-refractivity contribution in [1.82, 2.24) is 15.6 Å². The maximum absolute atomic E-state index is 11.0. The molecule has 0 radical (unpaired) electrons. The van der Waals surface area contributed by atoms with Crippen molar-refractivity contribution < 1.29 is 9.53 Å². The number of carbonyl (C=O) groups is 1. The van der Waals surface area contributed by atoms with E-state index in [9.17, 15) is 4.79 Å². The van der Waals surface area contributed by atoms with Crippen molar-refractivity contribution in [3.8, 4) is 0 Å². The highest BCUT2D eigenvalue weighted by Gasteiger charge is 2.04. The van der Waals surface area contributed by atoms with E-state index in [1.165, 1.54) is 29.1 Å². The molecule has 1 aromatic carbocycles. The Balaban J connectivity index is 0.00000364. The Labute approximate surface area is 178 Å². The highest BCUT2D eigenvalue weighted by atomic mass is 127. The molecule has 2 aromatic rings. The second kappa shape index (κ2) is 12.6. The molecule has 0 bridgehead atoms. The third kappa shape index (κ3) is 7.78. The molecule has 7 heteroatoms. The number of rotatable bonds is 9. The first-order chi connectivity index (χ1) is 12.6. The summed E-state index contributed by atoms with van der Waals surface area (Å²) in [6.45, 7) is 3.77. The second-order valence-corrected chi connectivity index (χ2v) is 6.43. The summed E-state index contributed by atoms with van der Waals surface area (Å²) in [4.78, 5) is 18.6. The minimum atomic E-state index is -0.136. The number of methoxy groups -OCH3 is 1. The van der Waals surface area contributed by atoms with Crippen LogP contribution in [0.1, 0.15) is 36.8 Å². The van der Waals surface area contributed by atoms with E-state index in [0.717, 1.165) is 44.7 Å². The van der Waals surface area contributed by atoms with E-state index in [-0.39, 0.29) is 29.9 Å². The van der Waals surface area contributed by atoms with Crippen molar-refractivity contribution in [2.24, 2.45) is 4.99 Å². The molecule has 0 atom stereocenters. The number of fused-ring (bicyclic) bond motifs is 1. The van der Waals surface area contributed by atoms with Gasteiger partial charge in [0.25, 0.3) is 0 Å². The van der Waals surface area contributed by atoms with Gasteiger partial charge in [-0.15, -0.1) is 24.0 Å². The molecule has 0 saturated carbocycles. The number of aliphatic imine (C=N–C) groups is 1. The quantitative estimate of drug-likeness (QED) is 0.167. The summed E-state index contributed by atoms with van der Waals surface area (Å²) in [6, 6.07) is 6.50. The molecule has 150 valence electrons. The number of H-pyrrole nitrogens is 1. The van der Waals surface area contributed by atoms with Crippen LogP contribution in [0, 0.1) is 6.92 Å². The molecule has 0 saturated heterocycles. The molecule has 6 nitrogen and oxygen atoms in total. The number of carbonyl (C=O) groups excluding carboxylic acids is 1. The number of aryl methyl sites for hydroxylation is 1. The minimum absolute atomic E-state index is 0. The summed E-state index contributed by atoms with van der Waals surface area (Å²) >= 11 is 0. The zero-order valence-corrected chi connectivity index (χ0v) is 18.8. The lowest BCUT2D eigenvalue weighted by molar-refractivity contribution is -0.140. The van der Waals surface area contributed by atoms with Crippen molar-refractivity contribution in [2.45, 2.75) is 39.0 Å². The van der Waals surface area contributed by atoms with Gasteiger partial charge in [0.15, 0.2) is 5.96 Å². The summed E-state index contributed by atoms with van der Waals surface area (Å²) in [7, 11) is 3.21. The number of unbranched alkanes of at least 4 members (excludes halogenated alkanes) is 2. The number of aromatic nitrogens is 1. The van der Waals surface area contributed by atoms with Gasteiger partial charge in [0.05, 0.1) is 7.11 Å². The van der Waals surface area contributed by atoms with Crippen molar-refractivity contribution in [3.05, 3.63) is 35.5 Å². The number of nitrogens with one attached hydrogen (secondary N) is 3. The van der Waals surface area contributed by atoms with Gasteiger partial charge < -0.3 is 20.4 Å². The van der Waals surface area contributed by atoms with Gasteiger partial charge in [-0.3, -0.25) is 9.79 Å². The SMILES string of the molecule is CN=C(NCCCCCC(=O)OC)NCCc1c[nH]c2cc(C)ccc12.I. The molecule has 0 aliphatic carbocycles. The molecule has 0 fully saturated rings. The monoisotopic (exact) mass is 486 g/mol. The van der Waals surface area contributed by atoms with Crippen LogP contribution in [0.2, 0.25) is 0 Å². The molecular formula is C20H31IN4O2. The Kier molecular flexibility index (Phi) is 10.8. The number of guanidine groups is 1. The van der Waals surface area contributed by atoms with Gasteiger partial charge in [0.1, 0.15) is 0 Å². The predicted molar refractivity (Wildman–Crippen MR) is 122 cm³/mol. The Morgan fingerprint density at radius 2 is 1.96 bits per heavy atom. The number of aromatic amines is 1. The van der Waals surface area contributed by atoms with E-state index in [4.69, 9.17) is 0 Å². The second-order valence-electron chi connectivity index (χ2n) is 6.43. The van der Waals surface area contributed by atoms with Gasteiger partial charge in [-0.25, -0.2) is 0 Å². The third-order valence-corrected chi connectivity index (χ3v) is 4.41. The summed E-state index contributed by atoms with van der Waals surface area (Å²) in [6.07, 6.45) is 6.37. The molecule has 1 aromatic heterocycles. The number of ether oxygens (including phenoxy) is 1. The van der Waals surface area contributed by atoms with Gasteiger partial charge in [-0.2, -0.15) is 0 Å². The van der Waals surface area contributed by atoms with E-state index < -0.39 is 0 Å². The van der Waals surface area contributed by atoms with Crippen LogP contribution in [0.15, 0.2) is 29.4 Å². The highest BCUT2D eigenvalue weighted by Crippen LogP contribution is 2.19. The standard InChI is InChI=1S/C20H30N4O2.HI/c1-15-8-9-17-16(14-24-18(17)13-15)10-12-23-20(21-2)22-11-6-4-5-7-19(25)26-3;/h8-9,13-14,24H,4-7,10-12H2,1-3H3,(H2,21,22,23);1H. The fourth-order valence-electron chi connectivity index (χ4n) is 2.92. The topological polar surface area (TPSA) is 78.5 Å². The van der Waals surface area contributed by atoms with Crippen LogP contribution in [-0.2, 0) is 16.0 Å². The van der Waals surface area contributed by atoms with Crippen molar-refractivity contribution in [2.75, 3.05) is 27.2 Å². The Morgan fingerprint density at radius 3 is 2.70 bits per heavy atom. The van der Waals surface area contributed by atoms with E-state index in [1.807, 2.05) is 0 Å². The fourth-order valence-corrected chi connectivity index (χ4v) is 2.92. The number of halogens is 1. The molecular weight excluding hydrogens is 455 g/mol. The highest BCUT2D eigenvalue weighted by molar-refractivity contribution is 14.0. The molecule has 3 N–H and O–H groups in total. The first-order valence-corrected chi connectivity index (χ1v) is 9.22. The summed E-state index contributed by atoms with van der Waals surface area (Å²) in [5, 5.41) is 7.95. The van der Waals surface area contributed by atoms with Crippen molar-refractivity contribution in [3.63, 3.8) is 0 Å². The fraction of sp³-hybridized carbons (Fsp3) is 0.500. The minimum Gasteiger partial charge on any atom is -0.469 e. The molecule has 0 aliphatic rings. The van der Waals surface area contributed by atoms with Crippen LogP contribution in [0.3, 0.4) is 0 Å². The normalized spacial score (nSPS) is 11.1. The molecule has 1 heterocycles. The average molecular weight is 486 g/mol. The van der Waals surface area contributed by atoms with Crippen LogP contribution in [-0.4, -0.2) is 44.2 Å². The Morgan fingerprint density at radius 1 is 1.19 bits per heavy atom. The van der Waals surface area contributed by atoms with Crippen molar-refractivity contribution >= 4 is 46.8 Å². The molecule has 0 aliphatic heterocycles. The van der Waals surface area contributed by atoms with E-state index in [2.05, 4.69) is 56.7 Å². The lowest BCUT2D eigenvalue weighted by atomic mass is 10.1. The lowest BCUT2D eigenvalue weighted by Gasteiger charge is -2.11. The summed E-state index contributed by atoms with van der Waals surface area (Å²) < 4.78 is 4.63. The van der Waals surface area contributed by atoms with Crippen LogP contribution >= 0.6 is 24.0 Å². The molecule has 0 amide bonds. The molecule has 0 spiro atoms. The van der Waals surface area contributed by atoms with E-state index in [1.54, 1.807) is 7.05 Å². The molecule has 27 heavy (non-hydrogen) atoms. The third-order valence-electron chi connectivity index (χ3n) is 4.41. The van der Waals surface area contributed by atoms with Crippen LogP contribution in [0.5, 0.6) is 0 Å². The van der Waals surface area contributed by atoms with Crippen molar-refractivity contribution in [1.29, 1.82) is 0 Å². The zero-order chi connectivity index (χ0) is 18.8. The molecule has 2 rings (SSSR count). The van der Waals surface area contributed by atoms with Crippen LogP contribution in [0.4, 0.5) is 0 Å². The van der Waals surface area contributed by atoms with Gasteiger partial charge in [-0.05, 0) is 43.4 Å². The largest absolute Gasteiger partial charge is 0.469 e. The maximum atomic E-state index is 11.0. The first-order valence-electron chi connectivity index (χ1n) is 9.22. The average Bonchev–Trinajstić information content (AvgIpc) is 3.04. The lowest BCUT2D eigenvalue weighted by Crippen LogP contribution is -2.38. The van der Waals surface area contributed by atoms with Gasteiger partial charge in [0.2, 0.25) is 0 Å². The predicted octanol–water partition coefficient (Wildman–Crippen LogP) is 3.54. The maximum Gasteiger partial charge on any atom is 0.305 e. The zero-order valence-electron chi connectivity index (χ0n) is 16.4. The Hall–Kier alpha value is -1.77. The number of nitrogens with zero attached hydrogens (tertiary/aromatic N) is 1. The number of benzene rings is 1. The number of esters is 1. The van der Waals surface area contributed by atoms with E-state index >= 15 is 0 Å². The number of hydrogen-bond acceptors (Lipinski definition) is 3. The Bertz CT molecular complexity index is 743. The first kappa shape index (κ1) is 23.3. The smallest absolute Gasteiger partial charge is 0.305 e. The molecule has 0 unspecified atom stereocenters. The summed E-state index contributed by atoms with van der Waals surface area (Å²) in [5.74, 6) is 0.677. The number of hydrogen-bond donors (Lipinski definition) is 3. The van der Waals surface area contributed by atoms with Crippen LogP contribution < -0.4 is 10.6 Å². The van der Waals surface area contributed by atoms with Gasteiger partial charge >= 0.3 is 5.97 Å². The van der Waals surface area contributed by atoms with Crippen LogP contribution in [0.25, 0.3) is 10.9 Å². The summed E-state index contributed by atoms with van der Waals surface area (Å²) in [5.41, 5.74) is 3.76. The van der Waals surface area contributed by atoms with E-state index in [0.29, 0.717) is 6.42 Å².